The number of nitrogens with zero attached hydrogens (tertiary/aromatic N) is 1. The van der Waals surface area contributed by atoms with Crippen molar-refractivity contribution in [1.29, 1.82) is 0 Å². The second-order valence-corrected chi connectivity index (χ2v) is 4.91. The number of nitrogens with one attached hydrogen (secondary N) is 1. The van der Waals surface area contributed by atoms with Crippen molar-refractivity contribution < 1.29 is 4.74 Å². The molecular formula is C18H18N2O. The summed E-state index contributed by atoms with van der Waals surface area (Å²) in [6, 6.07) is 18.5. The molecule has 0 saturated carbocycles. The molecule has 21 heavy (non-hydrogen) atoms. The Balaban J connectivity index is 1.75. The van der Waals surface area contributed by atoms with Crippen molar-refractivity contribution in [3.05, 3.63) is 66.4 Å². The highest BCUT2D eigenvalue weighted by Gasteiger charge is 2.03. The van der Waals surface area contributed by atoms with Crippen LogP contribution < -0.4 is 10.1 Å². The molecule has 0 fully saturated rings. The van der Waals surface area contributed by atoms with Gasteiger partial charge < -0.3 is 10.1 Å². The van der Waals surface area contributed by atoms with Crippen molar-refractivity contribution in [3.63, 3.8) is 0 Å². The van der Waals surface area contributed by atoms with Crippen molar-refractivity contribution in [2.24, 2.45) is 0 Å². The van der Waals surface area contributed by atoms with Crippen LogP contribution in [0.5, 0.6) is 5.75 Å². The molecule has 3 heteroatoms. The Morgan fingerprint density at radius 2 is 1.90 bits per heavy atom. The summed E-state index contributed by atoms with van der Waals surface area (Å²) in [5.41, 5.74) is 1.33. The SMILES string of the molecule is COc1ccc2c(NCCc3ccccc3)nccc2c1. The minimum Gasteiger partial charge on any atom is -0.497 e. The summed E-state index contributed by atoms with van der Waals surface area (Å²) in [5, 5.41) is 5.67. The van der Waals surface area contributed by atoms with Gasteiger partial charge in [-0.2, -0.15) is 0 Å². The van der Waals surface area contributed by atoms with Crippen molar-refractivity contribution in [2.75, 3.05) is 19.0 Å². The molecule has 0 aliphatic carbocycles. The molecule has 0 bridgehead atoms. The van der Waals surface area contributed by atoms with Gasteiger partial charge in [0.1, 0.15) is 11.6 Å². The Bertz CT molecular complexity index is 726. The zero-order valence-corrected chi connectivity index (χ0v) is 12.0. The van der Waals surface area contributed by atoms with E-state index in [9.17, 15) is 0 Å². The molecule has 0 unspecified atom stereocenters. The summed E-state index contributed by atoms with van der Waals surface area (Å²) in [5.74, 6) is 1.79. The Kier molecular flexibility index (Phi) is 4.01. The van der Waals surface area contributed by atoms with E-state index in [1.54, 1.807) is 7.11 Å². The zero-order chi connectivity index (χ0) is 14.5. The van der Waals surface area contributed by atoms with E-state index in [0.717, 1.165) is 35.3 Å². The average Bonchev–Trinajstić information content (AvgIpc) is 2.55. The van der Waals surface area contributed by atoms with E-state index in [-0.39, 0.29) is 0 Å². The third-order valence-corrected chi connectivity index (χ3v) is 3.52. The lowest BCUT2D eigenvalue weighted by atomic mass is 10.1. The summed E-state index contributed by atoms with van der Waals surface area (Å²) in [6.45, 7) is 0.863. The van der Waals surface area contributed by atoms with Crippen molar-refractivity contribution >= 4 is 16.6 Å². The quantitative estimate of drug-likeness (QED) is 0.768. The van der Waals surface area contributed by atoms with E-state index in [2.05, 4.69) is 34.6 Å². The van der Waals surface area contributed by atoms with Crippen LogP contribution in [0.2, 0.25) is 0 Å². The fourth-order valence-corrected chi connectivity index (χ4v) is 2.39. The smallest absolute Gasteiger partial charge is 0.133 e. The van der Waals surface area contributed by atoms with Crippen LogP contribution in [-0.4, -0.2) is 18.6 Å². The number of benzene rings is 2. The summed E-state index contributed by atoms with van der Waals surface area (Å²) in [4.78, 5) is 4.44. The molecule has 0 aliphatic rings. The van der Waals surface area contributed by atoms with Crippen LogP contribution in [0, 0.1) is 0 Å². The fraction of sp³-hybridized carbons (Fsp3) is 0.167. The van der Waals surface area contributed by atoms with Crippen LogP contribution in [0.15, 0.2) is 60.8 Å². The van der Waals surface area contributed by atoms with Crippen LogP contribution in [0.4, 0.5) is 5.82 Å². The predicted octanol–water partition coefficient (Wildman–Crippen LogP) is 3.90. The molecule has 0 aliphatic heterocycles. The highest BCUT2D eigenvalue weighted by atomic mass is 16.5. The first kappa shape index (κ1) is 13.4. The number of pyridine rings is 1. The molecule has 0 radical (unpaired) electrons. The van der Waals surface area contributed by atoms with E-state index in [0.29, 0.717) is 0 Å². The maximum absolute atomic E-state index is 5.26. The van der Waals surface area contributed by atoms with Gasteiger partial charge in [0, 0.05) is 18.1 Å². The highest BCUT2D eigenvalue weighted by Crippen LogP contribution is 2.25. The van der Waals surface area contributed by atoms with Gasteiger partial charge in [-0.05, 0) is 41.6 Å². The topological polar surface area (TPSA) is 34.1 Å². The number of methoxy groups -OCH3 is 1. The number of ether oxygens (including phenoxy) is 1. The Morgan fingerprint density at radius 1 is 1.05 bits per heavy atom. The second kappa shape index (κ2) is 6.27. The van der Waals surface area contributed by atoms with Crippen LogP contribution in [-0.2, 0) is 6.42 Å². The predicted molar refractivity (Wildman–Crippen MR) is 86.9 cm³/mol. The van der Waals surface area contributed by atoms with Gasteiger partial charge in [-0.15, -0.1) is 0 Å². The third kappa shape index (κ3) is 3.14. The minimum absolute atomic E-state index is 0.863. The van der Waals surface area contributed by atoms with Gasteiger partial charge in [0.05, 0.1) is 7.11 Å². The summed E-state index contributed by atoms with van der Waals surface area (Å²) >= 11 is 0. The van der Waals surface area contributed by atoms with Crippen molar-refractivity contribution in [1.82, 2.24) is 4.98 Å². The molecule has 3 aromatic rings. The second-order valence-electron chi connectivity index (χ2n) is 4.91. The molecule has 0 saturated heterocycles. The lowest BCUT2D eigenvalue weighted by molar-refractivity contribution is 0.415. The number of aromatic nitrogens is 1. The molecule has 1 aromatic heterocycles. The molecular weight excluding hydrogens is 260 g/mol. The Morgan fingerprint density at radius 3 is 2.71 bits per heavy atom. The average molecular weight is 278 g/mol. The molecule has 106 valence electrons. The standard InChI is InChI=1S/C18H18N2O/c1-21-16-7-8-17-15(13-16)10-12-20-18(17)19-11-9-14-5-3-2-4-6-14/h2-8,10,12-13H,9,11H2,1H3,(H,19,20). The normalized spacial score (nSPS) is 10.5. The molecule has 3 rings (SSSR count). The molecule has 1 heterocycles. The van der Waals surface area contributed by atoms with Crippen LogP contribution >= 0.6 is 0 Å². The molecule has 0 atom stereocenters. The van der Waals surface area contributed by atoms with Crippen molar-refractivity contribution in [3.8, 4) is 5.75 Å². The van der Waals surface area contributed by atoms with Gasteiger partial charge in [-0.25, -0.2) is 4.98 Å². The number of hydrogen-bond donors (Lipinski definition) is 1. The first-order chi connectivity index (χ1) is 10.4. The summed E-state index contributed by atoms with van der Waals surface area (Å²) in [7, 11) is 1.68. The first-order valence-electron chi connectivity index (χ1n) is 7.07. The van der Waals surface area contributed by atoms with E-state index in [1.807, 2.05) is 36.5 Å². The monoisotopic (exact) mass is 278 g/mol. The van der Waals surface area contributed by atoms with Crippen LogP contribution in [0.3, 0.4) is 0 Å². The van der Waals surface area contributed by atoms with Gasteiger partial charge in [-0.1, -0.05) is 30.3 Å². The molecule has 0 amide bonds. The van der Waals surface area contributed by atoms with Crippen LogP contribution in [0.1, 0.15) is 5.56 Å². The van der Waals surface area contributed by atoms with Crippen LogP contribution in [0.25, 0.3) is 10.8 Å². The first-order valence-corrected chi connectivity index (χ1v) is 7.07. The zero-order valence-electron chi connectivity index (χ0n) is 12.0. The number of hydrogen-bond acceptors (Lipinski definition) is 3. The van der Waals surface area contributed by atoms with Gasteiger partial charge >= 0.3 is 0 Å². The fourth-order valence-electron chi connectivity index (χ4n) is 2.39. The number of fused-ring (bicyclic) bond motifs is 1. The van der Waals surface area contributed by atoms with E-state index < -0.39 is 0 Å². The Labute approximate surface area is 124 Å². The maximum Gasteiger partial charge on any atom is 0.133 e. The molecule has 3 nitrogen and oxygen atoms in total. The Hall–Kier alpha value is -2.55. The highest BCUT2D eigenvalue weighted by molar-refractivity contribution is 5.92. The number of rotatable bonds is 5. The minimum atomic E-state index is 0.863. The van der Waals surface area contributed by atoms with E-state index >= 15 is 0 Å². The van der Waals surface area contributed by atoms with Gasteiger partial charge in [-0.3, -0.25) is 0 Å². The van der Waals surface area contributed by atoms with Crippen molar-refractivity contribution in [2.45, 2.75) is 6.42 Å². The van der Waals surface area contributed by atoms with Gasteiger partial charge in [0.2, 0.25) is 0 Å². The molecule has 2 aromatic carbocycles. The maximum atomic E-state index is 5.26. The van der Waals surface area contributed by atoms with Gasteiger partial charge in [0.25, 0.3) is 0 Å². The van der Waals surface area contributed by atoms with E-state index in [4.69, 9.17) is 4.74 Å². The lowest BCUT2D eigenvalue weighted by Crippen LogP contribution is -2.06. The number of anilines is 1. The third-order valence-electron chi connectivity index (χ3n) is 3.52. The lowest BCUT2D eigenvalue weighted by Gasteiger charge is -2.09. The largest absolute Gasteiger partial charge is 0.497 e. The van der Waals surface area contributed by atoms with E-state index in [1.165, 1.54) is 5.56 Å². The molecule has 1 N–H and O–H groups in total. The van der Waals surface area contributed by atoms with Gasteiger partial charge in [0.15, 0.2) is 0 Å². The summed E-state index contributed by atoms with van der Waals surface area (Å²) in [6.07, 6.45) is 2.81. The molecule has 0 spiro atoms. The summed E-state index contributed by atoms with van der Waals surface area (Å²) < 4.78 is 5.26.